The van der Waals surface area contributed by atoms with E-state index >= 15 is 0 Å². The van der Waals surface area contributed by atoms with E-state index in [1.807, 2.05) is 12.2 Å². The van der Waals surface area contributed by atoms with Crippen molar-refractivity contribution in [1.29, 1.82) is 0 Å². The molecule has 182 valence electrons. The maximum absolute atomic E-state index is 5.96. The van der Waals surface area contributed by atoms with Crippen LogP contribution < -0.4 is 4.90 Å². The minimum atomic E-state index is 0.751. The Kier molecular flexibility index (Phi) is 6.54. The van der Waals surface area contributed by atoms with Gasteiger partial charge in [0.2, 0.25) is 5.88 Å². The number of rotatable bonds is 8. The predicted octanol–water partition coefficient (Wildman–Crippen LogP) is 7.94. The molecule has 4 aromatic carbocycles. The molecule has 0 amide bonds. The fourth-order valence-electron chi connectivity index (χ4n) is 4.89. The molecule has 6 rings (SSSR count). The van der Waals surface area contributed by atoms with Gasteiger partial charge >= 0.3 is 0 Å². The maximum atomic E-state index is 5.96. The van der Waals surface area contributed by atoms with Gasteiger partial charge in [-0.3, -0.25) is 0 Å². The zero-order valence-electron chi connectivity index (χ0n) is 20.7. The van der Waals surface area contributed by atoms with E-state index in [0.29, 0.717) is 0 Å². The summed E-state index contributed by atoms with van der Waals surface area (Å²) in [5.74, 6) is 0.791. The molecule has 0 N–H and O–H groups in total. The fourth-order valence-corrected chi connectivity index (χ4v) is 4.89. The first-order valence-corrected chi connectivity index (χ1v) is 12.8. The fraction of sp³-hybridized carbons (Fsp3) is 0.121. The highest BCUT2D eigenvalue weighted by Crippen LogP contribution is 2.29. The monoisotopic (exact) mass is 483 g/mol. The molecule has 1 aromatic heterocycles. The number of aromatic nitrogens is 1. The van der Waals surface area contributed by atoms with Crippen LogP contribution in [0.4, 0.5) is 5.88 Å². The van der Waals surface area contributed by atoms with Gasteiger partial charge in [0.25, 0.3) is 0 Å². The van der Waals surface area contributed by atoms with Gasteiger partial charge in [-0.15, -0.1) is 0 Å². The molecular formula is C33H29N3O. The number of allylic oxidation sites excluding steroid dienone is 4. The summed E-state index contributed by atoms with van der Waals surface area (Å²) >= 11 is 0. The smallest absolute Gasteiger partial charge is 0.228 e. The highest BCUT2D eigenvalue weighted by molar-refractivity contribution is 5.87. The lowest BCUT2D eigenvalue weighted by molar-refractivity contribution is 0.411. The molecule has 0 bridgehead atoms. The summed E-state index contributed by atoms with van der Waals surface area (Å²) in [7, 11) is 0. The number of fused-ring (bicyclic) bond motifs is 2. The molecule has 2 heterocycles. The molecule has 4 nitrogen and oxygen atoms in total. The summed E-state index contributed by atoms with van der Waals surface area (Å²) in [5.41, 5.74) is 3.19. The lowest BCUT2D eigenvalue weighted by atomic mass is 10.0. The highest BCUT2D eigenvalue weighted by Gasteiger charge is 2.16. The van der Waals surface area contributed by atoms with Crippen molar-refractivity contribution < 1.29 is 4.52 Å². The number of hydrogen-bond donors (Lipinski definition) is 0. The molecule has 0 aliphatic carbocycles. The van der Waals surface area contributed by atoms with Crippen molar-refractivity contribution in [2.45, 2.75) is 13.0 Å². The van der Waals surface area contributed by atoms with Gasteiger partial charge in [-0.25, -0.2) is 0 Å². The van der Waals surface area contributed by atoms with E-state index in [2.05, 4.69) is 131 Å². The molecule has 0 spiro atoms. The Bertz CT molecular complexity index is 1590. The third-order valence-electron chi connectivity index (χ3n) is 6.83. The van der Waals surface area contributed by atoms with Crippen LogP contribution in [0.5, 0.6) is 0 Å². The number of nitrogens with zero attached hydrogens (tertiary/aromatic N) is 3. The Hall–Kier alpha value is -4.57. The van der Waals surface area contributed by atoms with Gasteiger partial charge in [0.15, 0.2) is 0 Å². The summed E-state index contributed by atoms with van der Waals surface area (Å²) in [6.07, 6.45) is 13.4. The van der Waals surface area contributed by atoms with E-state index in [1.54, 1.807) is 0 Å². The van der Waals surface area contributed by atoms with E-state index in [1.165, 1.54) is 27.1 Å². The minimum absolute atomic E-state index is 0.751. The van der Waals surface area contributed by atoms with Gasteiger partial charge in [0.1, 0.15) is 5.69 Å². The van der Waals surface area contributed by atoms with Gasteiger partial charge in [-0.1, -0.05) is 96.2 Å². The number of hydrogen-bond acceptors (Lipinski definition) is 4. The summed E-state index contributed by atoms with van der Waals surface area (Å²) in [4.78, 5) is 4.53. The molecular weight excluding hydrogens is 454 g/mol. The van der Waals surface area contributed by atoms with Gasteiger partial charge < -0.3 is 14.3 Å². The highest BCUT2D eigenvalue weighted by atomic mass is 16.5. The van der Waals surface area contributed by atoms with Crippen molar-refractivity contribution in [3.05, 3.63) is 133 Å². The van der Waals surface area contributed by atoms with Crippen LogP contribution in [-0.4, -0.2) is 23.1 Å². The van der Waals surface area contributed by atoms with Crippen LogP contribution in [0.3, 0.4) is 0 Å². The van der Waals surface area contributed by atoms with Gasteiger partial charge in [-0.2, -0.15) is 0 Å². The quantitative estimate of drug-likeness (QED) is 0.224. The second-order valence-electron chi connectivity index (χ2n) is 9.33. The van der Waals surface area contributed by atoms with E-state index in [9.17, 15) is 0 Å². The SMILES string of the molecule is C1=CC=CN(CCCN(Cc2cccc3ccccc23)c2cc(-c3ccc4ccccc4c3)no2)C=C1. The topological polar surface area (TPSA) is 32.5 Å². The summed E-state index contributed by atoms with van der Waals surface area (Å²) in [6, 6.07) is 32.0. The summed E-state index contributed by atoms with van der Waals surface area (Å²) < 4.78 is 5.96. The average molecular weight is 484 g/mol. The Morgan fingerprint density at radius 2 is 1.46 bits per heavy atom. The van der Waals surface area contributed by atoms with E-state index < -0.39 is 0 Å². The van der Waals surface area contributed by atoms with Gasteiger partial charge in [0.05, 0.1) is 0 Å². The third-order valence-corrected chi connectivity index (χ3v) is 6.83. The molecule has 0 radical (unpaired) electrons. The Morgan fingerprint density at radius 1 is 0.703 bits per heavy atom. The van der Waals surface area contributed by atoms with Crippen molar-refractivity contribution >= 4 is 27.4 Å². The van der Waals surface area contributed by atoms with E-state index in [0.717, 1.165) is 43.2 Å². The van der Waals surface area contributed by atoms with E-state index in [-0.39, 0.29) is 0 Å². The minimum Gasteiger partial charge on any atom is -0.354 e. The molecule has 0 unspecified atom stereocenters. The maximum Gasteiger partial charge on any atom is 0.228 e. The Balaban J connectivity index is 1.27. The first-order valence-electron chi connectivity index (χ1n) is 12.8. The van der Waals surface area contributed by atoms with Crippen LogP contribution in [-0.2, 0) is 6.54 Å². The lowest BCUT2D eigenvalue weighted by Gasteiger charge is -2.24. The summed E-state index contributed by atoms with van der Waals surface area (Å²) in [5, 5.41) is 9.42. The predicted molar refractivity (Wildman–Crippen MR) is 153 cm³/mol. The molecule has 0 saturated heterocycles. The molecule has 1 aliphatic heterocycles. The standard InChI is InChI=1S/C33H29N3O/c1-2-8-20-35(19-7-1)21-10-22-36(25-30-15-9-14-27-12-5-6-16-31(27)30)33-24-32(34-37-33)29-18-17-26-11-3-4-13-28(26)23-29/h1-9,11-20,23-24H,10,21-22,25H2. The van der Waals surface area contributed by atoms with E-state index in [4.69, 9.17) is 4.52 Å². The first kappa shape index (κ1) is 22.9. The third kappa shape index (κ3) is 5.19. The number of benzene rings is 4. The zero-order chi connectivity index (χ0) is 24.9. The first-order chi connectivity index (χ1) is 18.3. The molecule has 4 heteroatoms. The molecule has 0 saturated carbocycles. The largest absolute Gasteiger partial charge is 0.354 e. The Labute approximate surface area is 217 Å². The molecule has 1 aliphatic rings. The van der Waals surface area contributed by atoms with Crippen LogP contribution in [0.2, 0.25) is 0 Å². The van der Waals surface area contributed by atoms with Gasteiger partial charge in [0, 0.05) is 43.7 Å². The van der Waals surface area contributed by atoms with Crippen molar-refractivity contribution in [2.24, 2.45) is 0 Å². The second kappa shape index (κ2) is 10.6. The average Bonchev–Trinajstić information content (AvgIpc) is 3.30. The lowest BCUT2D eigenvalue weighted by Crippen LogP contribution is -2.26. The van der Waals surface area contributed by atoms with Crippen LogP contribution in [0.25, 0.3) is 32.8 Å². The molecule has 37 heavy (non-hydrogen) atoms. The second-order valence-corrected chi connectivity index (χ2v) is 9.33. The van der Waals surface area contributed by atoms with Gasteiger partial charge in [-0.05, 0) is 51.7 Å². The van der Waals surface area contributed by atoms with Crippen molar-refractivity contribution in [2.75, 3.05) is 18.0 Å². The van der Waals surface area contributed by atoms with Crippen molar-refractivity contribution in [3.63, 3.8) is 0 Å². The Morgan fingerprint density at radius 3 is 2.32 bits per heavy atom. The van der Waals surface area contributed by atoms with Crippen LogP contribution in [0.1, 0.15) is 12.0 Å². The van der Waals surface area contributed by atoms with Crippen LogP contribution >= 0.6 is 0 Å². The molecule has 0 atom stereocenters. The number of anilines is 1. The van der Waals surface area contributed by atoms with Crippen molar-refractivity contribution in [1.82, 2.24) is 10.1 Å². The van der Waals surface area contributed by atoms with Crippen molar-refractivity contribution in [3.8, 4) is 11.3 Å². The zero-order valence-corrected chi connectivity index (χ0v) is 20.7. The summed E-state index contributed by atoms with van der Waals surface area (Å²) in [6.45, 7) is 2.52. The molecule has 0 fully saturated rings. The normalized spacial score (nSPS) is 12.9. The van der Waals surface area contributed by atoms with Crippen LogP contribution in [0.15, 0.2) is 132 Å². The van der Waals surface area contributed by atoms with Crippen LogP contribution in [0, 0.1) is 0 Å². The molecule has 5 aromatic rings.